The molecule has 1 N–H and O–H groups in total. The Bertz CT molecular complexity index is 665. The molecule has 0 atom stereocenters. The first-order valence-electron chi connectivity index (χ1n) is 5.15. The van der Waals surface area contributed by atoms with Crippen LogP contribution >= 0.6 is 23.1 Å². The van der Waals surface area contributed by atoms with Gasteiger partial charge < -0.3 is 0 Å². The number of aromatic amines is 1. The van der Waals surface area contributed by atoms with Gasteiger partial charge in [-0.2, -0.15) is 10.2 Å². The van der Waals surface area contributed by atoms with Gasteiger partial charge in [-0.1, -0.05) is 0 Å². The van der Waals surface area contributed by atoms with E-state index in [9.17, 15) is 0 Å². The van der Waals surface area contributed by atoms with Crippen LogP contribution in [0.25, 0.3) is 4.83 Å². The van der Waals surface area contributed by atoms with Gasteiger partial charge in [-0.05, 0) is 32.5 Å². The smallest absolute Gasteiger partial charge is 0.188 e. The van der Waals surface area contributed by atoms with Crippen LogP contribution in [-0.4, -0.2) is 24.8 Å². The molecule has 3 aromatic heterocycles. The summed E-state index contributed by atoms with van der Waals surface area (Å²) >= 11 is 3.34. The highest BCUT2D eigenvalue weighted by molar-refractivity contribution is 7.99. The van der Waals surface area contributed by atoms with Gasteiger partial charge >= 0.3 is 0 Å². The van der Waals surface area contributed by atoms with E-state index in [0.29, 0.717) is 0 Å². The van der Waals surface area contributed by atoms with Crippen molar-refractivity contribution in [1.29, 1.82) is 0 Å². The van der Waals surface area contributed by atoms with E-state index in [2.05, 4.69) is 34.1 Å². The van der Waals surface area contributed by atoms with Gasteiger partial charge in [0, 0.05) is 4.88 Å². The van der Waals surface area contributed by atoms with E-state index in [-0.39, 0.29) is 0 Å². The third-order valence-corrected chi connectivity index (χ3v) is 5.02. The van der Waals surface area contributed by atoms with Gasteiger partial charge in [0.15, 0.2) is 5.16 Å². The number of H-pyrrole nitrogens is 1. The SMILES string of the molecule is Cc1nn2c(C)c(C)sc2c1Sc1ncn[nH]1. The normalized spacial score (nSPS) is 11.5. The molecule has 0 bridgehead atoms. The molecule has 0 aromatic carbocycles. The zero-order chi connectivity index (χ0) is 12.0. The molecule has 0 unspecified atom stereocenters. The number of aromatic nitrogens is 5. The van der Waals surface area contributed by atoms with Gasteiger partial charge in [0.25, 0.3) is 0 Å². The van der Waals surface area contributed by atoms with Crippen molar-refractivity contribution in [1.82, 2.24) is 24.8 Å². The standard InChI is InChI=1S/C10H11N5S2/c1-5-8(17-10-11-4-12-13-10)9-15(14-5)6(2)7(3)16-9/h4H,1-3H3,(H,11,12,13). The number of hydrogen-bond donors (Lipinski definition) is 1. The summed E-state index contributed by atoms with van der Waals surface area (Å²) in [7, 11) is 0. The maximum atomic E-state index is 4.56. The summed E-state index contributed by atoms with van der Waals surface area (Å²) in [5.74, 6) is 0. The molecule has 0 radical (unpaired) electrons. The summed E-state index contributed by atoms with van der Waals surface area (Å²) in [5, 5.41) is 12.1. The summed E-state index contributed by atoms with van der Waals surface area (Å²) in [6.07, 6.45) is 1.52. The molecule has 0 aliphatic rings. The maximum absolute atomic E-state index is 4.56. The molecule has 0 aliphatic carbocycles. The molecule has 0 aliphatic heterocycles. The average molecular weight is 265 g/mol. The molecule has 0 spiro atoms. The van der Waals surface area contributed by atoms with Crippen molar-refractivity contribution in [3.8, 4) is 0 Å². The second-order valence-corrected chi connectivity index (χ2v) is 5.97. The monoisotopic (exact) mass is 265 g/mol. The molecule has 5 nitrogen and oxygen atoms in total. The van der Waals surface area contributed by atoms with Crippen molar-refractivity contribution in [2.45, 2.75) is 30.8 Å². The zero-order valence-electron chi connectivity index (χ0n) is 9.68. The van der Waals surface area contributed by atoms with Crippen molar-refractivity contribution in [2.24, 2.45) is 0 Å². The highest BCUT2D eigenvalue weighted by Crippen LogP contribution is 2.36. The fourth-order valence-corrected chi connectivity index (χ4v) is 3.67. The lowest BCUT2D eigenvalue weighted by molar-refractivity contribution is 0.900. The summed E-state index contributed by atoms with van der Waals surface area (Å²) < 4.78 is 2.01. The van der Waals surface area contributed by atoms with Crippen LogP contribution in [0.5, 0.6) is 0 Å². The van der Waals surface area contributed by atoms with Gasteiger partial charge in [0.1, 0.15) is 11.2 Å². The highest BCUT2D eigenvalue weighted by Gasteiger charge is 2.16. The molecule has 3 rings (SSSR count). The van der Waals surface area contributed by atoms with Crippen molar-refractivity contribution in [3.63, 3.8) is 0 Å². The number of thiazole rings is 1. The first-order valence-corrected chi connectivity index (χ1v) is 6.78. The predicted molar refractivity (Wildman–Crippen MR) is 67.8 cm³/mol. The van der Waals surface area contributed by atoms with Crippen molar-refractivity contribution >= 4 is 27.9 Å². The largest absolute Gasteiger partial charge is 0.254 e. The van der Waals surface area contributed by atoms with Gasteiger partial charge in [0.2, 0.25) is 0 Å². The molecule has 0 saturated carbocycles. The Morgan fingerprint density at radius 3 is 2.88 bits per heavy atom. The zero-order valence-corrected chi connectivity index (χ0v) is 11.3. The Balaban J connectivity index is 2.15. The van der Waals surface area contributed by atoms with Crippen LogP contribution in [0.15, 0.2) is 16.4 Å². The predicted octanol–water partition coefficient (Wildman–Crippen LogP) is 2.59. The van der Waals surface area contributed by atoms with Crippen LogP contribution in [0, 0.1) is 20.8 Å². The number of hydrogen-bond acceptors (Lipinski definition) is 5. The van der Waals surface area contributed by atoms with Gasteiger partial charge in [-0.15, -0.1) is 11.3 Å². The minimum atomic E-state index is 0.798. The Labute approximate surface area is 106 Å². The molecular formula is C10H11N5S2. The third-order valence-electron chi connectivity index (χ3n) is 2.63. The Hall–Kier alpha value is -1.34. The van der Waals surface area contributed by atoms with E-state index in [1.54, 1.807) is 23.1 Å². The molecule has 0 fully saturated rings. The third kappa shape index (κ3) is 1.66. The lowest BCUT2D eigenvalue weighted by Gasteiger charge is -1.93. The van der Waals surface area contributed by atoms with Crippen LogP contribution in [0.4, 0.5) is 0 Å². The molecule has 88 valence electrons. The van der Waals surface area contributed by atoms with Crippen molar-refractivity contribution < 1.29 is 0 Å². The van der Waals surface area contributed by atoms with Crippen molar-refractivity contribution in [2.75, 3.05) is 0 Å². The number of nitrogens with one attached hydrogen (secondary N) is 1. The summed E-state index contributed by atoms with van der Waals surface area (Å²) in [6.45, 7) is 6.23. The Kier molecular flexibility index (Phi) is 2.44. The second-order valence-electron chi connectivity index (χ2n) is 3.77. The molecular weight excluding hydrogens is 254 g/mol. The van der Waals surface area contributed by atoms with E-state index < -0.39 is 0 Å². The number of aryl methyl sites for hydroxylation is 3. The summed E-state index contributed by atoms with van der Waals surface area (Å²) in [4.78, 5) is 7.77. The fourth-order valence-electron chi connectivity index (χ4n) is 1.63. The van der Waals surface area contributed by atoms with Crippen LogP contribution in [-0.2, 0) is 0 Å². The fraction of sp³-hybridized carbons (Fsp3) is 0.300. The van der Waals surface area contributed by atoms with E-state index in [0.717, 1.165) is 15.7 Å². The highest BCUT2D eigenvalue weighted by atomic mass is 32.2. The molecule has 0 saturated heterocycles. The molecule has 17 heavy (non-hydrogen) atoms. The summed E-state index contributed by atoms with van der Waals surface area (Å²) in [5.41, 5.74) is 2.23. The molecule has 3 heterocycles. The Morgan fingerprint density at radius 1 is 1.35 bits per heavy atom. The molecule has 3 aromatic rings. The number of fused-ring (bicyclic) bond motifs is 1. The quantitative estimate of drug-likeness (QED) is 0.773. The van der Waals surface area contributed by atoms with Crippen LogP contribution in [0.2, 0.25) is 0 Å². The lowest BCUT2D eigenvalue weighted by atomic mass is 10.4. The molecule has 7 heteroatoms. The maximum Gasteiger partial charge on any atom is 0.188 e. The Morgan fingerprint density at radius 2 is 2.18 bits per heavy atom. The van der Waals surface area contributed by atoms with Gasteiger partial charge in [-0.3, -0.25) is 5.10 Å². The lowest BCUT2D eigenvalue weighted by Crippen LogP contribution is -1.87. The van der Waals surface area contributed by atoms with Crippen LogP contribution < -0.4 is 0 Å². The first-order chi connectivity index (χ1) is 8.16. The van der Waals surface area contributed by atoms with Gasteiger partial charge in [0.05, 0.1) is 16.3 Å². The van der Waals surface area contributed by atoms with E-state index in [1.807, 2.05) is 11.4 Å². The number of rotatable bonds is 2. The van der Waals surface area contributed by atoms with Gasteiger partial charge in [-0.25, -0.2) is 9.50 Å². The minimum Gasteiger partial charge on any atom is -0.254 e. The van der Waals surface area contributed by atoms with E-state index >= 15 is 0 Å². The topological polar surface area (TPSA) is 58.9 Å². The first kappa shape index (κ1) is 10.8. The van der Waals surface area contributed by atoms with E-state index in [1.165, 1.54) is 21.7 Å². The number of nitrogens with zero attached hydrogens (tertiary/aromatic N) is 4. The molecule has 0 amide bonds. The van der Waals surface area contributed by atoms with Crippen LogP contribution in [0.3, 0.4) is 0 Å². The van der Waals surface area contributed by atoms with Crippen molar-refractivity contribution in [3.05, 3.63) is 22.6 Å². The average Bonchev–Trinajstić information content (AvgIpc) is 2.95. The second kappa shape index (κ2) is 3.85. The minimum absolute atomic E-state index is 0.798. The van der Waals surface area contributed by atoms with E-state index in [4.69, 9.17) is 0 Å². The van der Waals surface area contributed by atoms with Crippen LogP contribution in [0.1, 0.15) is 16.3 Å². The summed E-state index contributed by atoms with van der Waals surface area (Å²) in [6, 6.07) is 0.